The molecule has 0 bridgehead atoms. The standard InChI is InChI=1S/C15H21N5/c1-3-4-5-7-11-17-15-19-12(2)18-14(20-15)13-9-6-8-10-16-13/h6,8-10H,3-5,7,11H2,1-2H3,(H,17,18,19,20). The van der Waals surface area contributed by atoms with Crippen LogP contribution in [-0.4, -0.2) is 26.5 Å². The minimum absolute atomic E-state index is 0.620. The third kappa shape index (κ3) is 4.26. The summed E-state index contributed by atoms with van der Waals surface area (Å²) in [7, 11) is 0. The molecule has 0 spiro atoms. The molecule has 0 aliphatic rings. The number of rotatable bonds is 7. The van der Waals surface area contributed by atoms with Crippen LogP contribution in [0.25, 0.3) is 11.5 Å². The van der Waals surface area contributed by atoms with Gasteiger partial charge in [0, 0.05) is 12.7 Å². The second-order valence-corrected chi connectivity index (χ2v) is 4.73. The molecule has 0 amide bonds. The molecule has 2 rings (SSSR count). The number of hydrogen-bond acceptors (Lipinski definition) is 5. The van der Waals surface area contributed by atoms with Gasteiger partial charge in [0.1, 0.15) is 11.5 Å². The van der Waals surface area contributed by atoms with Crippen LogP contribution in [0.15, 0.2) is 24.4 Å². The lowest BCUT2D eigenvalue weighted by molar-refractivity contribution is 0.683. The molecule has 20 heavy (non-hydrogen) atoms. The van der Waals surface area contributed by atoms with Crippen LogP contribution >= 0.6 is 0 Å². The summed E-state index contributed by atoms with van der Waals surface area (Å²) in [5, 5.41) is 3.26. The summed E-state index contributed by atoms with van der Waals surface area (Å²) in [6, 6.07) is 5.71. The minimum Gasteiger partial charge on any atom is -0.354 e. The van der Waals surface area contributed by atoms with E-state index in [0.717, 1.165) is 18.7 Å². The molecule has 0 unspecified atom stereocenters. The Labute approximate surface area is 119 Å². The van der Waals surface area contributed by atoms with Gasteiger partial charge in [-0.05, 0) is 25.5 Å². The van der Waals surface area contributed by atoms with E-state index in [-0.39, 0.29) is 0 Å². The van der Waals surface area contributed by atoms with Crippen LogP contribution in [0, 0.1) is 6.92 Å². The average Bonchev–Trinajstić information content (AvgIpc) is 2.47. The number of unbranched alkanes of at least 4 members (excludes halogenated alkanes) is 3. The molecule has 2 aromatic rings. The van der Waals surface area contributed by atoms with Crippen LogP contribution in [-0.2, 0) is 0 Å². The van der Waals surface area contributed by atoms with E-state index in [9.17, 15) is 0 Å². The second kappa shape index (κ2) is 7.53. The first-order valence-electron chi connectivity index (χ1n) is 7.17. The van der Waals surface area contributed by atoms with Crippen LogP contribution in [0.1, 0.15) is 38.4 Å². The molecule has 0 aromatic carbocycles. The zero-order valence-corrected chi connectivity index (χ0v) is 12.1. The number of anilines is 1. The zero-order valence-electron chi connectivity index (χ0n) is 12.1. The maximum atomic E-state index is 4.43. The molecule has 2 aromatic heterocycles. The SMILES string of the molecule is CCCCCCNc1nc(C)nc(-c2ccccn2)n1. The fourth-order valence-electron chi connectivity index (χ4n) is 1.92. The van der Waals surface area contributed by atoms with E-state index in [2.05, 4.69) is 32.2 Å². The van der Waals surface area contributed by atoms with E-state index in [1.165, 1.54) is 19.3 Å². The summed E-state index contributed by atoms with van der Waals surface area (Å²) in [6.45, 7) is 4.98. The molecule has 1 N–H and O–H groups in total. The van der Waals surface area contributed by atoms with Gasteiger partial charge in [-0.15, -0.1) is 0 Å². The van der Waals surface area contributed by atoms with E-state index >= 15 is 0 Å². The monoisotopic (exact) mass is 271 g/mol. The average molecular weight is 271 g/mol. The molecule has 2 heterocycles. The maximum absolute atomic E-state index is 4.43. The zero-order chi connectivity index (χ0) is 14.2. The van der Waals surface area contributed by atoms with Crippen molar-refractivity contribution in [3.05, 3.63) is 30.2 Å². The van der Waals surface area contributed by atoms with E-state index in [0.29, 0.717) is 17.6 Å². The molecule has 106 valence electrons. The lowest BCUT2D eigenvalue weighted by Crippen LogP contribution is -2.08. The van der Waals surface area contributed by atoms with E-state index in [1.54, 1.807) is 6.20 Å². The Hall–Kier alpha value is -2.04. The van der Waals surface area contributed by atoms with Crippen LogP contribution in [0.5, 0.6) is 0 Å². The Morgan fingerprint density at radius 3 is 2.70 bits per heavy atom. The van der Waals surface area contributed by atoms with Gasteiger partial charge in [-0.3, -0.25) is 4.98 Å². The van der Waals surface area contributed by atoms with Gasteiger partial charge in [-0.25, -0.2) is 4.98 Å². The van der Waals surface area contributed by atoms with Crippen LogP contribution in [0.2, 0.25) is 0 Å². The van der Waals surface area contributed by atoms with Crippen LogP contribution in [0.4, 0.5) is 5.95 Å². The smallest absolute Gasteiger partial charge is 0.226 e. The van der Waals surface area contributed by atoms with Crippen molar-refractivity contribution in [3.63, 3.8) is 0 Å². The fourth-order valence-corrected chi connectivity index (χ4v) is 1.92. The minimum atomic E-state index is 0.620. The van der Waals surface area contributed by atoms with E-state index in [1.807, 2.05) is 25.1 Å². The lowest BCUT2D eigenvalue weighted by atomic mass is 10.2. The van der Waals surface area contributed by atoms with Gasteiger partial charge in [-0.2, -0.15) is 9.97 Å². The molecule has 0 radical (unpaired) electrons. The fraction of sp³-hybridized carbons (Fsp3) is 0.467. The van der Waals surface area contributed by atoms with E-state index < -0.39 is 0 Å². The van der Waals surface area contributed by atoms with Crippen molar-refractivity contribution in [3.8, 4) is 11.5 Å². The van der Waals surface area contributed by atoms with Crippen molar-refractivity contribution in [1.82, 2.24) is 19.9 Å². The van der Waals surface area contributed by atoms with Gasteiger partial charge in [0.2, 0.25) is 5.95 Å². The molecule has 0 fully saturated rings. The molecule has 5 nitrogen and oxygen atoms in total. The summed E-state index contributed by atoms with van der Waals surface area (Å²) in [6.07, 6.45) is 6.64. The summed E-state index contributed by atoms with van der Waals surface area (Å²) >= 11 is 0. The number of nitrogens with one attached hydrogen (secondary N) is 1. The molecule has 0 atom stereocenters. The molecular weight excluding hydrogens is 250 g/mol. The normalized spacial score (nSPS) is 10.5. The van der Waals surface area contributed by atoms with Gasteiger partial charge in [0.25, 0.3) is 0 Å². The first-order chi connectivity index (χ1) is 9.79. The quantitative estimate of drug-likeness (QED) is 0.783. The van der Waals surface area contributed by atoms with Crippen molar-refractivity contribution in [2.75, 3.05) is 11.9 Å². The maximum Gasteiger partial charge on any atom is 0.226 e. The van der Waals surface area contributed by atoms with Crippen molar-refractivity contribution in [2.45, 2.75) is 39.5 Å². The Morgan fingerprint density at radius 2 is 1.95 bits per heavy atom. The Kier molecular flexibility index (Phi) is 5.41. The van der Waals surface area contributed by atoms with Gasteiger partial charge < -0.3 is 5.32 Å². The lowest BCUT2D eigenvalue weighted by Gasteiger charge is -2.07. The van der Waals surface area contributed by atoms with Crippen molar-refractivity contribution < 1.29 is 0 Å². The number of aryl methyl sites for hydroxylation is 1. The highest BCUT2D eigenvalue weighted by Crippen LogP contribution is 2.13. The predicted octanol–water partition coefficient (Wildman–Crippen LogP) is 3.23. The highest BCUT2D eigenvalue weighted by atomic mass is 15.2. The topological polar surface area (TPSA) is 63.6 Å². The molecule has 0 aliphatic carbocycles. The highest BCUT2D eigenvalue weighted by Gasteiger charge is 2.06. The highest BCUT2D eigenvalue weighted by molar-refractivity contribution is 5.50. The van der Waals surface area contributed by atoms with Gasteiger partial charge in [0.05, 0.1) is 0 Å². The predicted molar refractivity (Wildman–Crippen MR) is 80.4 cm³/mol. The van der Waals surface area contributed by atoms with Gasteiger partial charge >= 0.3 is 0 Å². The number of nitrogens with zero attached hydrogens (tertiary/aromatic N) is 4. The Bertz CT molecular complexity index is 527. The van der Waals surface area contributed by atoms with Crippen LogP contribution < -0.4 is 5.32 Å². The number of pyridine rings is 1. The van der Waals surface area contributed by atoms with Crippen LogP contribution in [0.3, 0.4) is 0 Å². The third-order valence-corrected chi connectivity index (χ3v) is 2.95. The third-order valence-electron chi connectivity index (χ3n) is 2.95. The first-order valence-corrected chi connectivity index (χ1v) is 7.17. The largest absolute Gasteiger partial charge is 0.354 e. The summed E-state index contributed by atoms with van der Waals surface area (Å²) < 4.78 is 0. The Morgan fingerprint density at radius 1 is 1.05 bits per heavy atom. The van der Waals surface area contributed by atoms with Crippen molar-refractivity contribution in [2.24, 2.45) is 0 Å². The van der Waals surface area contributed by atoms with E-state index in [4.69, 9.17) is 0 Å². The Balaban J connectivity index is 2.02. The first kappa shape index (κ1) is 14.4. The summed E-state index contributed by atoms with van der Waals surface area (Å²) in [5.74, 6) is 1.96. The molecule has 0 aliphatic heterocycles. The van der Waals surface area contributed by atoms with Crippen molar-refractivity contribution >= 4 is 5.95 Å². The second-order valence-electron chi connectivity index (χ2n) is 4.73. The number of hydrogen-bond donors (Lipinski definition) is 1. The van der Waals surface area contributed by atoms with Gasteiger partial charge in [0.15, 0.2) is 5.82 Å². The molecule has 5 heteroatoms. The summed E-state index contributed by atoms with van der Waals surface area (Å²) in [5.41, 5.74) is 0.770. The summed E-state index contributed by atoms with van der Waals surface area (Å²) in [4.78, 5) is 17.4. The van der Waals surface area contributed by atoms with Gasteiger partial charge in [-0.1, -0.05) is 32.3 Å². The molecule has 0 saturated carbocycles. The molecule has 0 saturated heterocycles. The van der Waals surface area contributed by atoms with Crippen molar-refractivity contribution in [1.29, 1.82) is 0 Å². The number of aromatic nitrogens is 4. The molecular formula is C15H21N5.